The molecule has 1 heterocycles. The van der Waals surface area contributed by atoms with Gasteiger partial charge in [-0.15, -0.1) is 0 Å². The molecule has 0 fully saturated rings. The average Bonchev–Trinajstić information content (AvgIpc) is 2.39. The first-order chi connectivity index (χ1) is 8.79. The maximum absolute atomic E-state index is 11.9. The second-order valence-electron chi connectivity index (χ2n) is 4.03. The number of rotatable bonds is 2. The third kappa shape index (κ3) is 1.64. The topological polar surface area (TPSA) is 39.4 Å². The van der Waals surface area contributed by atoms with Crippen molar-refractivity contribution in [1.82, 2.24) is 0 Å². The van der Waals surface area contributed by atoms with Crippen molar-refractivity contribution in [2.45, 2.75) is 6.92 Å². The van der Waals surface area contributed by atoms with Gasteiger partial charge in [-0.05, 0) is 30.5 Å². The van der Waals surface area contributed by atoms with Crippen LogP contribution in [0.4, 0.5) is 0 Å². The van der Waals surface area contributed by atoms with Gasteiger partial charge in [0.1, 0.15) is 11.3 Å². The normalized spacial score (nSPS) is 10.9. The minimum atomic E-state index is -0.313. The van der Waals surface area contributed by atoms with Gasteiger partial charge in [0.25, 0.3) is 0 Å². The van der Waals surface area contributed by atoms with Gasteiger partial charge in [0.05, 0.1) is 12.0 Å². The van der Waals surface area contributed by atoms with Crippen molar-refractivity contribution in [2.24, 2.45) is 0 Å². The van der Waals surface area contributed by atoms with Crippen molar-refractivity contribution in [3.05, 3.63) is 52.9 Å². The van der Waals surface area contributed by atoms with Crippen LogP contribution in [0.1, 0.15) is 6.92 Å². The lowest BCUT2D eigenvalue weighted by molar-refractivity contribution is 0.340. The van der Waals surface area contributed by atoms with E-state index in [4.69, 9.17) is 9.15 Å². The zero-order valence-corrected chi connectivity index (χ0v) is 9.97. The van der Waals surface area contributed by atoms with Crippen LogP contribution in [0.3, 0.4) is 0 Å². The van der Waals surface area contributed by atoms with E-state index in [0.717, 1.165) is 10.8 Å². The van der Waals surface area contributed by atoms with Gasteiger partial charge in [-0.2, -0.15) is 0 Å². The molecule has 0 amide bonds. The average molecular weight is 240 g/mol. The van der Waals surface area contributed by atoms with Crippen LogP contribution in [-0.2, 0) is 0 Å². The molecule has 0 atom stereocenters. The predicted molar refractivity (Wildman–Crippen MR) is 71.2 cm³/mol. The summed E-state index contributed by atoms with van der Waals surface area (Å²) < 4.78 is 10.7. The van der Waals surface area contributed by atoms with E-state index in [1.165, 1.54) is 0 Å². The fourth-order valence-electron chi connectivity index (χ4n) is 2.12. The van der Waals surface area contributed by atoms with Crippen molar-refractivity contribution < 1.29 is 9.15 Å². The molecule has 3 rings (SSSR count). The lowest BCUT2D eigenvalue weighted by Crippen LogP contribution is -1.99. The summed E-state index contributed by atoms with van der Waals surface area (Å²) in [7, 11) is 0. The molecular formula is C15H12O3. The quantitative estimate of drug-likeness (QED) is 0.509. The van der Waals surface area contributed by atoms with Gasteiger partial charge in [-0.3, -0.25) is 0 Å². The summed E-state index contributed by atoms with van der Waals surface area (Å²) >= 11 is 0. The summed E-state index contributed by atoms with van der Waals surface area (Å²) in [6.45, 7) is 2.50. The van der Waals surface area contributed by atoms with Crippen LogP contribution in [0.25, 0.3) is 21.7 Å². The lowest BCUT2D eigenvalue weighted by atomic mass is 10.1. The maximum Gasteiger partial charge on any atom is 0.344 e. The second kappa shape index (κ2) is 4.18. The standard InChI is InChI=1S/C15H12O3/c1-2-17-10-7-8-12-11-5-3-4-6-13(11)15(16)18-14(12)9-10/h3-9H,2H2,1H3. The largest absolute Gasteiger partial charge is 0.494 e. The molecule has 2 aromatic carbocycles. The third-order valence-corrected chi connectivity index (χ3v) is 2.90. The Hall–Kier alpha value is -2.29. The summed E-state index contributed by atoms with van der Waals surface area (Å²) in [5.74, 6) is 0.712. The van der Waals surface area contributed by atoms with Crippen LogP contribution in [0.15, 0.2) is 51.7 Å². The number of hydrogen-bond donors (Lipinski definition) is 0. The van der Waals surface area contributed by atoms with Crippen molar-refractivity contribution in [2.75, 3.05) is 6.61 Å². The van der Waals surface area contributed by atoms with Crippen molar-refractivity contribution in [1.29, 1.82) is 0 Å². The molecule has 0 spiro atoms. The number of ether oxygens (including phenoxy) is 1. The molecule has 0 saturated heterocycles. The SMILES string of the molecule is CCOc1ccc2c(c1)oc(=O)c1ccccc12. The Balaban J connectivity index is 2.39. The van der Waals surface area contributed by atoms with Crippen molar-refractivity contribution >= 4 is 21.7 Å². The number of hydrogen-bond acceptors (Lipinski definition) is 3. The monoisotopic (exact) mass is 240 g/mol. The maximum atomic E-state index is 11.9. The number of fused-ring (bicyclic) bond motifs is 3. The van der Waals surface area contributed by atoms with Crippen molar-refractivity contribution in [3.63, 3.8) is 0 Å². The van der Waals surface area contributed by atoms with Crippen LogP contribution in [0.2, 0.25) is 0 Å². The van der Waals surface area contributed by atoms with Gasteiger partial charge in [-0.1, -0.05) is 18.2 Å². The molecule has 0 unspecified atom stereocenters. The summed E-state index contributed by atoms with van der Waals surface area (Å²) in [5.41, 5.74) is 0.247. The summed E-state index contributed by atoms with van der Waals surface area (Å²) in [4.78, 5) is 11.9. The molecule has 3 nitrogen and oxygen atoms in total. The Morgan fingerprint density at radius 2 is 1.83 bits per heavy atom. The molecule has 90 valence electrons. The summed E-state index contributed by atoms with van der Waals surface area (Å²) in [6, 6.07) is 13.0. The Kier molecular flexibility index (Phi) is 2.52. The fourth-order valence-corrected chi connectivity index (χ4v) is 2.12. The Morgan fingerprint density at radius 1 is 1.06 bits per heavy atom. The molecular weight excluding hydrogens is 228 g/mol. The summed E-state index contributed by atoms with van der Waals surface area (Å²) in [5, 5.41) is 2.44. The zero-order valence-electron chi connectivity index (χ0n) is 9.97. The lowest BCUT2D eigenvalue weighted by Gasteiger charge is -2.05. The molecule has 0 aliphatic carbocycles. The highest BCUT2D eigenvalue weighted by Gasteiger charge is 2.07. The molecule has 0 saturated carbocycles. The number of benzene rings is 2. The van der Waals surface area contributed by atoms with Gasteiger partial charge in [0.2, 0.25) is 0 Å². The van der Waals surface area contributed by atoms with Crippen LogP contribution >= 0.6 is 0 Å². The van der Waals surface area contributed by atoms with Gasteiger partial charge >= 0.3 is 5.63 Å². The first-order valence-corrected chi connectivity index (χ1v) is 5.88. The van der Waals surface area contributed by atoms with Crippen LogP contribution in [0.5, 0.6) is 5.75 Å². The fraction of sp³-hybridized carbons (Fsp3) is 0.133. The Labute approximate surface area is 104 Å². The van der Waals surface area contributed by atoms with E-state index in [0.29, 0.717) is 23.3 Å². The van der Waals surface area contributed by atoms with E-state index >= 15 is 0 Å². The van der Waals surface area contributed by atoms with Crippen LogP contribution in [-0.4, -0.2) is 6.61 Å². The molecule has 3 aromatic rings. The molecule has 18 heavy (non-hydrogen) atoms. The molecule has 0 aliphatic rings. The molecule has 1 aromatic heterocycles. The van der Waals surface area contributed by atoms with E-state index in [1.54, 1.807) is 12.1 Å². The van der Waals surface area contributed by atoms with Gasteiger partial charge in [0, 0.05) is 11.5 Å². The van der Waals surface area contributed by atoms with Gasteiger partial charge < -0.3 is 9.15 Å². The van der Waals surface area contributed by atoms with Crippen molar-refractivity contribution in [3.8, 4) is 5.75 Å². The highest BCUT2D eigenvalue weighted by atomic mass is 16.5. The first-order valence-electron chi connectivity index (χ1n) is 5.88. The summed E-state index contributed by atoms with van der Waals surface area (Å²) in [6.07, 6.45) is 0. The third-order valence-electron chi connectivity index (χ3n) is 2.90. The van der Waals surface area contributed by atoms with E-state index in [1.807, 2.05) is 37.3 Å². The second-order valence-corrected chi connectivity index (χ2v) is 4.03. The Morgan fingerprint density at radius 3 is 2.61 bits per heavy atom. The van der Waals surface area contributed by atoms with Gasteiger partial charge in [0.15, 0.2) is 0 Å². The highest BCUT2D eigenvalue weighted by molar-refractivity contribution is 6.04. The van der Waals surface area contributed by atoms with E-state index in [9.17, 15) is 4.79 Å². The Bertz CT molecular complexity index is 771. The first kappa shape index (κ1) is 10.8. The molecule has 3 heteroatoms. The smallest absolute Gasteiger partial charge is 0.344 e. The molecule has 0 bridgehead atoms. The zero-order chi connectivity index (χ0) is 12.5. The molecule has 0 aliphatic heterocycles. The minimum absolute atomic E-state index is 0.313. The van der Waals surface area contributed by atoms with E-state index < -0.39 is 0 Å². The minimum Gasteiger partial charge on any atom is -0.494 e. The molecule has 0 radical (unpaired) electrons. The van der Waals surface area contributed by atoms with Crippen LogP contribution in [0, 0.1) is 0 Å². The van der Waals surface area contributed by atoms with E-state index in [-0.39, 0.29) is 5.63 Å². The highest BCUT2D eigenvalue weighted by Crippen LogP contribution is 2.26. The molecule has 0 N–H and O–H groups in total. The van der Waals surface area contributed by atoms with Gasteiger partial charge in [-0.25, -0.2) is 4.79 Å². The van der Waals surface area contributed by atoms with E-state index in [2.05, 4.69) is 0 Å². The van der Waals surface area contributed by atoms with Crippen LogP contribution < -0.4 is 10.4 Å². The predicted octanol–water partition coefficient (Wildman–Crippen LogP) is 3.34.